The van der Waals surface area contributed by atoms with E-state index in [4.69, 9.17) is 19.3 Å². The van der Waals surface area contributed by atoms with Gasteiger partial charge in [-0.05, 0) is 37.3 Å². The van der Waals surface area contributed by atoms with Gasteiger partial charge < -0.3 is 29.4 Å². The molecule has 3 heterocycles. The van der Waals surface area contributed by atoms with Crippen molar-refractivity contribution in [1.29, 1.82) is 0 Å². The van der Waals surface area contributed by atoms with Crippen molar-refractivity contribution >= 4 is 5.97 Å². The Bertz CT molecular complexity index is 1110. The molecule has 3 N–H and O–H groups in total. The fraction of sp³-hybridized carbons (Fsp3) is 0.364. The van der Waals surface area contributed by atoms with Gasteiger partial charge in [-0.3, -0.25) is 4.79 Å². The molecule has 1 saturated heterocycles. The van der Waals surface area contributed by atoms with E-state index in [-0.39, 0.29) is 38.3 Å². The number of aliphatic hydroxyl groups excluding tert-OH is 1. The van der Waals surface area contributed by atoms with Gasteiger partial charge in [-0.25, -0.2) is 14.4 Å². The van der Waals surface area contributed by atoms with E-state index >= 15 is 0 Å². The molecule has 0 radical (unpaired) electrons. The van der Waals surface area contributed by atoms with Gasteiger partial charge in [-0.1, -0.05) is 0 Å². The second kappa shape index (κ2) is 9.61. The largest absolute Gasteiger partial charge is 0.481 e. The number of nitrogens with zero attached hydrogens (tertiary/aromatic N) is 3. The normalized spacial score (nSPS) is 20.5. The fourth-order valence-corrected chi connectivity index (χ4v) is 3.17. The Hall–Kier alpha value is -3.41. The van der Waals surface area contributed by atoms with Crippen LogP contribution in [0.25, 0.3) is 22.6 Å². The lowest BCUT2D eigenvalue weighted by molar-refractivity contribution is -0.236. The van der Waals surface area contributed by atoms with Gasteiger partial charge >= 0.3 is 12.0 Å². The lowest BCUT2D eigenvalue weighted by Crippen LogP contribution is -2.42. The maximum atomic E-state index is 13.5. The average Bonchev–Trinajstić information content (AvgIpc) is 3.26. The molecule has 1 aromatic carbocycles. The SMILES string of the molecule is CC1(C(=O)O)COC(c2nc(-c3ccc(F)cc3)c(-c3ccnc(OCCCO)n3)[nH]2)OC1. The number of rotatable bonds is 8. The summed E-state index contributed by atoms with van der Waals surface area (Å²) in [4.78, 5) is 27.7. The van der Waals surface area contributed by atoms with Crippen molar-refractivity contribution in [2.75, 3.05) is 26.4 Å². The summed E-state index contributed by atoms with van der Waals surface area (Å²) in [5, 5.41) is 18.3. The molecule has 174 valence electrons. The molecular weight excluding hydrogens is 435 g/mol. The molecule has 0 bridgehead atoms. The zero-order valence-electron chi connectivity index (χ0n) is 17.8. The number of benzene rings is 1. The predicted octanol–water partition coefficient (Wildman–Crippen LogP) is 2.57. The number of ether oxygens (including phenoxy) is 3. The number of carbonyl (C=O) groups is 1. The first kappa shape index (κ1) is 22.8. The lowest BCUT2D eigenvalue weighted by atomic mass is 9.92. The third kappa shape index (κ3) is 5.00. The number of hydrogen-bond donors (Lipinski definition) is 3. The number of aliphatic hydroxyl groups is 1. The molecule has 11 heteroatoms. The van der Waals surface area contributed by atoms with Crippen molar-refractivity contribution < 1.29 is 33.6 Å². The number of hydrogen-bond acceptors (Lipinski definition) is 8. The number of H-pyrrole nitrogens is 1. The third-order valence-corrected chi connectivity index (χ3v) is 5.11. The number of imidazole rings is 1. The van der Waals surface area contributed by atoms with Crippen LogP contribution in [-0.4, -0.2) is 62.5 Å². The van der Waals surface area contributed by atoms with Gasteiger partial charge in [0.1, 0.15) is 11.2 Å². The second-order valence-electron chi connectivity index (χ2n) is 7.82. The zero-order chi connectivity index (χ0) is 23.4. The first-order valence-corrected chi connectivity index (χ1v) is 10.3. The number of aromatic nitrogens is 4. The number of nitrogens with one attached hydrogen (secondary N) is 1. The van der Waals surface area contributed by atoms with Crippen LogP contribution in [0.1, 0.15) is 25.5 Å². The van der Waals surface area contributed by atoms with Crippen LogP contribution in [-0.2, 0) is 14.3 Å². The fourth-order valence-electron chi connectivity index (χ4n) is 3.17. The van der Waals surface area contributed by atoms with E-state index in [0.717, 1.165) is 0 Å². The molecule has 0 unspecified atom stereocenters. The number of aromatic amines is 1. The van der Waals surface area contributed by atoms with Crippen molar-refractivity contribution in [1.82, 2.24) is 19.9 Å². The summed E-state index contributed by atoms with van der Waals surface area (Å²) in [6, 6.07) is 7.61. The van der Waals surface area contributed by atoms with Crippen LogP contribution < -0.4 is 4.74 Å². The topological polar surface area (TPSA) is 140 Å². The molecular formula is C22H23FN4O6. The number of carboxylic acid groups (broad SMARTS) is 1. The van der Waals surface area contributed by atoms with Gasteiger partial charge in [0.25, 0.3) is 0 Å². The molecule has 0 spiro atoms. The van der Waals surface area contributed by atoms with Gasteiger partial charge in [-0.15, -0.1) is 0 Å². The summed E-state index contributed by atoms with van der Waals surface area (Å²) in [6.07, 6.45) is 1.05. The Labute approximate surface area is 188 Å². The van der Waals surface area contributed by atoms with Crippen molar-refractivity contribution in [2.45, 2.75) is 19.6 Å². The summed E-state index contributed by atoms with van der Waals surface area (Å²) in [6.45, 7) is 1.69. The minimum atomic E-state index is -1.15. The highest BCUT2D eigenvalue weighted by molar-refractivity contribution is 5.77. The molecule has 0 saturated carbocycles. The predicted molar refractivity (Wildman–Crippen MR) is 113 cm³/mol. The average molecular weight is 458 g/mol. The molecule has 0 aliphatic carbocycles. The van der Waals surface area contributed by atoms with E-state index in [0.29, 0.717) is 34.9 Å². The minimum absolute atomic E-state index is 0.0133. The third-order valence-electron chi connectivity index (χ3n) is 5.11. The Morgan fingerprint density at radius 2 is 1.97 bits per heavy atom. The maximum absolute atomic E-state index is 13.5. The molecule has 0 amide bonds. The van der Waals surface area contributed by atoms with Crippen molar-refractivity contribution in [2.24, 2.45) is 5.41 Å². The van der Waals surface area contributed by atoms with Crippen LogP contribution in [0.4, 0.5) is 4.39 Å². The quantitative estimate of drug-likeness (QED) is 0.435. The van der Waals surface area contributed by atoms with Gasteiger partial charge in [-0.2, -0.15) is 4.98 Å². The van der Waals surface area contributed by atoms with Gasteiger partial charge in [0.15, 0.2) is 5.82 Å². The van der Waals surface area contributed by atoms with Gasteiger partial charge in [0.2, 0.25) is 6.29 Å². The summed E-state index contributed by atoms with van der Waals surface area (Å²) < 4.78 is 30.3. The molecule has 10 nitrogen and oxygen atoms in total. The Balaban J connectivity index is 1.68. The van der Waals surface area contributed by atoms with Gasteiger partial charge in [0, 0.05) is 24.8 Å². The second-order valence-corrected chi connectivity index (χ2v) is 7.82. The van der Waals surface area contributed by atoms with Crippen molar-refractivity contribution in [3.63, 3.8) is 0 Å². The van der Waals surface area contributed by atoms with Crippen molar-refractivity contribution in [3.05, 3.63) is 48.2 Å². The van der Waals surface area contributed by atoms with Crippen LogP contribution in [0.15, 0.2) is 36.5 Å². The monoisotopic (exact) mass is 458 g/mol. The van der Waals surface area contributed by atoms with E-state index in [1.54, 1.807) is 25.1 Å². The molecule has 2 aromatic heterocycles. The Kier molecular flexibility index (Phi) is 6.63. The highest BCUT2D eigenvalue weighted by atomic mass is 19.1. The molecule has 1 fully saturated rings. The molecule has 33 heavy (non-hydrogen) atoms. The van der Waals surface area contributed by atoms with E-state index < -0.39 is 17.7 Å². The smallest absolute Gasteiger partial charge is 0.316 e. The van der Waals surface area contributed by atoms with Crippen molar-refractivity contribution in [3.8, 4) is 28.7 Å². The zero-order valence-corrected chi connectivity index (χ0v) is 17.8. The summed E-state index contributed by atoms with van der Waals surface area (Å²) >= 11 is 0. The van der Waals surface area contributed by atoms with Gasteiger partial charge in [0.05, 0.1) is 36.9 Å². The first-order valence-electron chi connectivity index (χ1n) is 10.3. The highest BCUT2D eigenvalue weighted by Crippen LogP contribution is 2.35. The number of aliphatic carboxylic acids is 1. The molecule has 3 aromatic rings. The highest BCUT2D eigenvalue weighted by Gasteiger charge is 2.41. The summed E-state index contributed by atoms with van der Waals surface area (Å²) in [7, 11) is 0. The van der Waals surface area contributed by atoms with E-state index in [1.165, 1.54) is 18.3 Å². The lowest BCUT2D eigenvalue weighted by Gasteiger charge is -2.33. The Morgan fingerprint density at radius 1 is 1.24 bits per heavy atom. The standard InChI is InChI=1S/C22H23FN4O6/c1-22(20(29)30)11-32-19(33-12-22)18-26-16(13-3-5-14(23)6-4-13)17(27-18)15-7-8-24-21(25-15)31-10-2-9-28/h3-8,19,28H,2,9-12H2,1H3,(H,26,27)(H,29,30). The van der Waals surface area contributed by atoms with E-state index in [1.807, 2.05) is 0 Å². The molecule has 1 aliphatic heterocycles. The van der Waals surface area contributed by atoms with Crippen LogP contribution in [0.2, 0.25) is 0 Å². The van der Waals surface area contributed by atoms with Crippen LogP contribution in [0, 0.1) is 11.2 Å². The molecule has 4 rings (SSSR count). The first-order chi connectivity index (χ1) is 15.9. The summed E-state index contributed by atoms with van der Waals surface area (Å²) in [5.74, 6) is -1.08. The molecule has 0 atom stereocenters. The number of halogens is 1. The Morgan fingerprint density at radius 3 is 2.64 bits per heavy atom. The van der Waals surface area contributed by atoms with E-state index in [2.05, 4.69) is 19.9 Å². The summed E-state index contributed by atoms with van der Waals surface area (Å²) in [5.41, 5.74) is 0.919. The number of carboxylic acids is 1. The van der Waals surface area contributed by atoms with Crippen LogP contribution >= 0.6 is 0 Å². The molecule has 1 aliphatic rings. The maximum Gasteiger partial charge on any atom is 0.316 e. The minimum Gasteiger partial charge on any atom is -0.481 e. The van der Waals surface area contributed by atoms with Crippen LogP contribution in [0.3, 0.4) is 0 Å². The van der Waals surface area contributed by atoms with E-state index in [9.17, 15) is 14.3 Å². The van der Waals surface area contributed by atoms with Crippen LogP contribution in [0.5, 0.6) is 6.01 Å².